The van der Waals surface area contributed by atoms with Crippen LogP contribution in [0, 0.1) is 6.92 Å². The van der Waals surface area contributed by atoms with Gasteiger partial charge in [0.15, 0.2) is 11.5 Å². The highest BCUT2D eigenvalue weighted by atomic mass is 32.2. The molecule has 5 rings (SSSR count). The van der Waals surface area contributed by atoms with E-state index in [9.17, 15) is 8.42 Å². The van der Waals surface area contributed by atoms with E-state index in [0.29, 0.717) is 36.6 Å². The molecule has 1 fully saturated rings. The standard InChI is InChI=1S/C28H32N2O6S/c1-20-4-9-25(10-5-20)37(31,32)30(23-7-11-26-28(16-23)36-19-35-26)22-12-14-29(15-13-22)18-21-6-8-24(33-2)17-27(21)34-3/h4-11,16-17,22H,12-15,18-19H2,1-3H3. The van der Waals surface area contributed by atoms with Crippen molar-refractivity contribution in [3.63, 3.8) is 0 Å². The third-order valence-electron chi connectivity index (χ3n) is 6.97. The lowest BCUT2D eigenvalue weighted by Gasteiger charge is -2.39. The number of anilines is 1. The summed E-state index contributed by atoms with van der Waals surface area (Å²) in [6, 6.07) is 18.0. The van der Waals surface area contributed by atoms with Crippen LogP contribution in [0.2, 0.25) is 0 Å². The number of hydrogen-bond donors (Lipinski definition) is 0. The second-order valence-corrected chi connectivity index (χ2v) is 11.2. The Balaban J connectivity index is 1.39. The number of likely N-dealkylation sites (tertiary alicyclic amines) is 1. The van der Waals surface area contributed by atoms with Gasteiger partial charge in [0.1, 0.15) is 11.5 Å². The molecule has 0 aliphatic carbocycles. The fraction of sp³-hybridized carbons (Fsp3) is 0.357. The minimum atomic E-state index is -3.80. The number of sulfonamides is 1. The molecule has 0 amide bonds. The first kappa shape index (κ1) is 25.2. The zero-order valence-electron chi connectivity index (χ0n) is 21.3. The third-order valence-corrected chi connectivity index (χ3v) is 8.86. The van der Waals surface area contributed by atoms with Gasteiger partial charge in [-0.1, -0.05) is 23.8 Å². The second-order valence-electron chi connectivity index (χ2n) is 9.34. The number of ether oxygens (including phenoxy) is 4. The second kappa shape index (κ2) is 10.5. The van der Waals surface area contributed by atoms with Crippen LogP contribution in [0.3, 0.4) is 0 Å². The summed E-state index contributed by atoms with van der Waals surface area (Å²) in [6.07, 6.45) is 1.38. The Bertz CT molecular complexity index is 1350. The molecule has 8 nitrogen and oxygen atoms in total. The van der Waals surface area contributed by atoms with Gasteiger partial charge in [0.25, 0.3) is 10.0 Å². The Hall–Kier alpha value is -3.43. The Labute approximate surface area is 218 Å². The van der Waals surface area contributed by atoms with Crippen molar-refractivity contribution >= 4 is 15.7 Å². The monoisotopic (exact) mass is 524 g/mol. The van der Waals surface area contributed by atoms with Crippen molar-refractivity contribution in [2.24, 2.45) is 0 Å². The number of rotatable bonds is 8. The predicted molar refractivity (Wildman–Crippen MR) is 141 cm³/mol. The van der Waals surface area contributed by atoms with Gasteiger partial charge in [-0.2, -0.15) is 0 Å². The van der Waals surface area contributed by atoms with E-state index >= 15 is 0 Å². The zero-order valence-corrected chi connectivity index (χ0v) is 22.2. The minimum Gasteiger partial charge on any atom is -0.497 e. The Morgan fingerprint density at radius 2 is 1.65 bits per heavy atom. The van der Waals surface area contributed by atoms with Crippen LogP contribution in [0.25, 0.3) is 0 Å². The number of hydrogen-bond acceptors (Lipinski definition) is 7. The average molecular weight is 525 g/mol. The average Bonchev–Trinajstić information content (AvgIpc) is 3.38. The summed E-state index contributed by atoms with van der Waals surface area (Å²) in [5.41, 5.74) is 2.66. The number of piperidine rings is 1. The number of benzene rings is 3. The molecule has 2 aliphatic rings. The molecule has 0 spiro atoms. The summed E-state index contributed by atoms with van der Waals surface area (Å²) in [5, 5.41) is 0. The maximum absolute atomic E-state index is 14.0. The van der Waals surface area contributed by atoms with Crippen LogP contribution in [0.4, 0.5) is 5.69 Å². The molecule has 0 N–H and O–H groups in total. The van der Waals surface area contributed by atoms with Gasteiger partial charge in [0.05, 0.1) is 24.8 Å². The number of aryl methyl sites for hydroxylation is 1. The van der Waals surface area contributed by atoms with Gasteiger partial charge in [-0.25, -0.2) is 8.42 Å². The molecule has 37 heavy (non-hydrogen) atoms. The molecule has 196 valence electrons. The first-order valence-electron chi connectivity index (χ1n) is 12.3. The molecule has 0 bridgehead atoms. The van der Waals surface area contributed by atoms with E-state index in [2.05, 4.69) is 4.90 Å². The summed E-state index contributed by atoms with van der Waals surface area (Å²) in [5.74, 6) is 2.72. The van der Waals surface area contributed by atoms with Crippen molar-refractivity contribution in [1.29, 1.82) is 0 Å². The number of methoxy groups -OCH3 is 2. The SMILES string of the molecule is COc1ccc(CN2CCC(N(c3ccc4c(c3)OCO4)S(=O)(=O)c3ccc(C)cc3)CC2)c(OC)c1. The minimum absolute atomic E-state index is 0.136. The van der Waals surface area contributed by atoms with Crippen LogP contribution in [0.15, 0.2) is 65.6 Å². The highest BCUT2D eigenvalue weighted by Gasteiger charge is 2.35. The van der Waals surface area contributed by atoms with E-state index in [-0.39, 0.29) is 17.7 Å². The lowest BCUT2D eigenvalue weighted by molar-refractivity contribution is 0.174. The molecule has 0 aromatic heterocycles. The van der Waals surface area contributed by atoms with Crippen LogP contribution >= 0.6 is 0 Å². The largest absolute Gasteiger partial charge is 0.497 e. The van der Waals surface area contributed by atoms with Gasteiger partial charge in [-0.15, -0.1) is 0 Å². The highest BCUT2D eigenvalue weighted by molar-refractivity contribution is 7.92. The topological polar surface area (TPSA) is 77.5 Å². The van der Waals surface area contributed by atoms with Gasteiger partial charge in [-0.05, 0) is 50.1 Å². The van der Waals surface area contributed by atoms with Crippen LogP contribution < -0.4 is 23.3 Å². The van der Waals surface area contributed by atoms with E-state index in [1.807, 2.05) is 37.3 Å². The normalized spacial score (nSPS) is 16.0. The van der Waals surface area contributed by atoms with Gasteiger partial charge >= 0.3 is 0 Å². The first-order chi connectivity index (χ1) is 17.9. The fourth-order valence-electron chi connectivity index (χ4n) is 4.93. The van der Waals surface area contributed by atoms with Crippen molar-refractivity contribution in [3.05, 3.63) is 71.8 Å². The number of fused-ring (bicyclic) bond motifs is 1. The summed E-state index contributed by atoms with van der Waals surface area (Å²) >= 11 is 0. The maximum Gasteiger partial charge on any atom is 0.264 e. The lowest BCUT2D eigenvalue weighted by Crippen LogP contribution is -2.47. The Morgan fingerprint density at radius 1 is 0.919 bits per heavy atom. The van der Waals surface area contributed by atoms with Crippen molar-refractivity contribution in [3.8, 4) is 23.0 Å². The summed E-state index contributed by atoms with van der Waals surface area (Å²) in [7, 11) is -0.507. The van der Waals surface area contributed by atoms with Crippen molar-refractivity contribution in [1.82, 2.24) is 4.90 Å². The molecular formula is C28H32N2O6S. The van der Waals surface area contributed by atoms with Crippen LogP contribution in [-0.2, 0) is 16.6 Å². The molecule has 2 heterocycles. The quantitative estimate of drug-likeness (QED) is 0.426. The summed E-state index contributed by atoms with van der Waals surface area (Å²) in [4.78, 5) is 2.61. The molecule has 0 unspecified atom stereocenters. The van der Waals surface area contributed by atoms with E-state index in [1.165, 1.54) is 0 Å². The molecule has 2 aliphatic heterocycles. The predicted octanol–water partition coefficient (Wildman–Crippen LogP) is 4.60. The van der Waals surface area contributed by atoms with Crippen LogP contribution in [0.1, 0.15) is 24.0 Å². The van der Waals surface area contributed by atoms with Crippen molar-refractivity contribution in [2.45, 2.75) is 37.2 Å². The molecule has 3 aromatic rings. The first-order valence-corrected chi connectivity index (χ1v) is 13.8. The van der Waals surface area contributed by atoms with Crippen LogP contribution in [-0.4, -0.2) is 53.5 Å². The highest BCUT2D eigenvalue weighted by Crippen LogP contribution is 2.39. The van der Waals surface area contributed by atoms with Crippen LogP contribution in [0.5, 0.6) is 23.0 Å². The molecule has 0 atom stereocenters. The van der Waals surface area contributed by atoms with E-state index in [4.69, 9.17) is 18.9 Å². The summed E-state index contributed by atoms with van der Waals surface area (Å²) < 4.78 is 51.4. The van der Waals surface area contributed by atoms with Crippen molar-refractivity contribution in [2.75, 3.05) is 38.4 Å². The van der Waals surface area contributed by atoms with E-state index in [1.54, 1.807) is 48.9 Å². The molecule has 1 saturated heterocycles. The van der Waals surface area contributed by atoms with Gasteiger partial charge in [-0.3, -0.25) is 9.21 Å². The molecule has 3 aromatic carbocycles. The van der Waals surface area contributed by atoms with Gasteiger partial charge < -0.3 is 18.9 Å². The maximum atomic E-state index is 14.0. The van der Waals surface area contributed by atoms with Gasteiger partial charge in [0, 0.05) is 43.4 Å². The fourth-order valence-corrected chi connectivity index (χ4v) is 6.63. The van der Waals surface area contributed by atoms with E-state index in [0.717, 1.165) is 35.7 Å². The Morgan fingerprint density at radius 3 is 2.35 bits per heavy atom. The van der Waals surface area contributed by atoms with Crippen molar-refractivity contribution < 1.29 is 27.4 Å². The molecule has 0 saturated carbocycles. The molecular weight excluding hydrogens is 492 g/mol. The lowest BCUT2D eigenvalue weighted by atomic mass is 10.0. The van der Waals surface area contributed by atoms with E-state index < -0.39 is 10.0 Å². The van der Waals surface area contributed by atoms with Gasteiger partial charge in [0.2, 0.25) is 6.79 Å². The molecule has 9 heteroatoms. The molecule has 0 radical (unpaired) electrons. The third kappa shape index (κ3) is 5.19. The summed E-state index contributed by atoms with van der Waals surface area (Å²) in [6.45, 7) is 4.31. The Kier molecular flexibility index (Phi) is 7.17. The smallest absolute Gasteiger partial charge is 0.264 e. The zero-order chi connectivity index (χ0) is 26.0. The number of nitrogens with zero attached hydrogens (tertiary/aromatic N) is 2.